The molecule has 168 valence electrons. The lowest BCUT2D eigenvalue weighted by atomic mass is 10.2. The number of rotatable bonds is 4. The van der Waals surface area contributed by atoms with Crippen molar-refractivity contribution in [1.82, 2.24) is 9.80 Å². The van der Waals surface area contributed by atoms with Crippen LogP contribution in [0.1, 0.15) is 20.7 Å². The Morgan fingerprint density at radius 3 is 1.28 bits per heavy atom. The highest BCUT2D eigenvalue weighted by molar-refractivity contribution is 5.95. The topological polar surface area (TPSA) is 180 Å². The van der Waals surface area contributed by atoms with Crippen molar-refractivity contribution in [3.8, 4) is 11.5 Å². The van der Waals surface area contributed by atoms with E-state index in [2.05, 4.69) is 10.6 Å². The van der Waals surface area contributed by atoms with Crippen LogP contribution in [0.3, 0.4) is 0 Å². The summed E-state index contributed by atoms with van der Waals surface area (Å²) in [5.41, 5.74) is -0.119. The van der Waals surface area contributed by atoms with Gasteiger partial charge in [-0.05, 0) is 24.3 Å². The first-order valence-corrected chi connectivity index (χ1v) is 9.40. The third-order valence-electron chi connectivity index (χ3n) is 4.81. The summed E-state index contributed by atoms with van der Waals surface area (Å²) >= 11 is 0. The number of carbonyl (C=O) groups excluding carboxylic acids is 2. The molecule has 3 rings (SSSR count). The summed E-state index contributed by atoms with van der Waals surface area (Å²) in [5, 5.41) is 42.4. The molecule has 1 heterocycles. The predicted octanol–water partition coefficient (Wildman–Crippen LogP) is 1.88. The number of hydrogen-bond donors (Lipinski definition) is 6. The van der Waals surface area contributed by atoms with E-state index in [9.17, 15) is 29.4 Å². The Hall–Kier alpha value is -4.48. The van der Waals surface area contributed by atoms with Crippen molar-refractivity contribution in [2.24, 2.45) is 0 Å². The Bertz CT molecular complexity index is 994. The molecule has 12 heteroatoms. The average molecular weight is 444 g/mol. The second-order valence-corrected chi connectivity index (χ2v) is 6.91. The van der Waals surface area contributed by atoms with E-state index in [1.54, 1.807) is 0 Å². The molecule has 0 unspecified atom stereocenters. The summed E-state index contributed by atoms with van der Waals surface area (Å²) < 4.78 is 0. The number of benzene rings is 2. The van der Waals surface area contributed by atoms with Gasteiger partial charge in [-0.1, -0.05) is 0 Å². The predicted molar refractivity (Wildman–Crippen MR) is 111 cm³/mol. The number of aromatic carboxylic acids is 2. The first-order chi connectivity index (χ1) is 15.2. The van der Waals surface area contributed by atoms with Crippen molar-refractivity contribution in [1.29, 1.82) is 0 Å². The molecule has 1 saturated heterocycles. The fourth-order valence-corrected chi connectivity index (χ4v) is 3.10. The van der Waals surface area contributed by atoms with Crippen molar-refractivity contribution in [2.75, 3.05) is 36.8 Å². The first kappa shape index (κ1) is 22.2. The van der Waals surface area contributed by atoms with Gasteiger partial charge in [0.2, 0.25) is 0 Å². The lowest BCUT2D eigenvalue weighted by Crippen LogP contribution is -2.52. The zero-order chi connectivity index (χ0) is 23.4. The minimum absolute atomic E-state index is 0.224. The van der Waals surface area contributed by atoms with Gasteiger partial charge in [0, 0.05) is 49.7 Å². The van der Waals surface area contributed by atoms with Crippen LogP contribution in [0.5, 0.6) is 11.5 Å². The van der Waals surface area contributed by atoms with E-state index in [1.807, 2.05) is 0 Å². The van der Waals surface area contributed by atoms with Gasteiger partial charge < -0.3 is 40.9 Å². The lowest BCUT2D eigenvalue weighted by Gasteiger charge is -2.34. The minimum atomic E-state index is -1.29. The van der Waals surface area contributed by atoms with E-state index in [1.165, 1.54) is 34.1 Å². The maximum Gasteiger partial charge on any atom is 0.339 e. The third-order valence-corrected chi connectivity index (χ3v) is 4.81. The number of nitrogens with zero attached hydrogens (tertiary/aromatic N) is 2. The van der Waals surface area contributed by atoms with E-state index in [0.29, 0.717) is 0 Å². The molecule has 1 fully saturated rings. The maximum absolute atomic E-state index is 12.4. The quantitative estimate of drug-likeness (QED) is 0.413. The minimum Gasteiger partial charge on any atom is -0.507 e. The number of urea groups is 2. The fraction of sp³-hybridized carbons (Fsp3) is 0.200. The number of carboxylic acid groups (broad SMARTS) is 2. The molecule has 2 aromatic carbocycles. The molecule has 0 radical (unpaired) electrons. The third kappa shape index (κ3) is 4.98. The number of carboxylic acids is 2. The molecule has 12 nitrogen and oxygen atoms in total. The highest BCUT2D eigenvalue weighted by atomic mass is 16.4. The summed E-state index contributed by atoms with van der Waals surface area (Å²) in [7, 11) is 0. The molecule has 0 spiro atoms. The Morgan fingerprint density at radius 1 is 0.656 bits per heavy atom. The number of aromatic hydroxyl groups is 2. The summed E-state index contributed by atoms with van der Waals surface area (Å²) in [6.07, 6.45) is 0. The standard InChI is InChI=1S/C20H20N4O8/c25-15-9-11(1-3-13(15)17(27)28)21-19(31)23-5-7-24(8-6-23)20(32)22-12-2-4-14(18(29)30)16(26)10-12/h1-4,9-10,25-26H,5-8H2,(H,21,31)(H,22,32)(H,27,28)(H,29,30). The second kappa shape index (κ2) is 9.12. The van der Waals surface area contributed by atoms with Gasteiger partial charge in [0.05, 0.1) is 0 Å². The van der Waals surface area contributed by atoms with Gasteiger partial charge in [0.1, 0.15) is 22.6 Å². The SMILES string of the molecule is O=C(O)c1ccc(NC(=O)N2CCN(C(=O)Nc3ccc(C(=O)O)c(O)c3)CC2)cc1O. The first-order valence-electron chi connectivity index (χ1n) is 9.40. The van der Waals surface area contributed by atoms with Crippen LogP contribution in [0.15, 0.2) is 36.4 Å². The lowest BCUT2D eigenvalue weighted by molar-refractivity contribution is 0.0682. The molecular weight excluding hydrogens is 424 g/mol. The molecule has 2 aromatic rings. The van der Waals surface area contributed by atoms with Crippen LogP contribution in [-0.2, 0) is 0 Å². The molecule has 1 aliphatic heterocycles. The molecule has 0 aromatic heterocycles. The normalized spacial score (nSPS) is 13.4. The van der Waals surface area contributed by atoms with Crippen LogP contribution in [0.2, 0.25) is 0 Å². The molecule has 0 atom stereocenters. The summed E-state index contributed by atoms with van der Waals surface area (Å²) in [4.78, 5) is 49.6. The molecular formula is C20H20N4O8. The zero-order valence-corrected chi connectivity index (χ0v) is 16.6. The van der Waals surface area contributed by atoms with E-state index < -0.39 is 35.5 Å². The molecule has 0 saturated carbocycles. The summed E-state index contributed by atoms with van der Waals surface area (Å²) in [5.74, 6) is -3.52. The largest absolute Gasteiger partial charge is 0.507 e. The number of hydrogen-bond acceptors (Lipinski definition) is 6. The number of phenols is 2. The fourth-order valence-electron chi connectivity index (χ4n) is 3.10. The van der Waals surface area contributed by atoms with Crippen molar-refractivity contribution in [3.05, 3.63) is 47.5 Å². The molecule has 4 amide bonds. The zero-order valence-electron chi connectivity index (χ0n) is 16.6. The number of anilines is 2. The van der Waals surface area contributed by atoms with Gasteiger partial charge in [-0.2, -0.15) is 0 Å². The summed E-state index contributed by atoms with van der Waals surface area (Å²) in [6.45, 7) is 0.895. The second-order valence-electron chi connectivity index (χ2n) is 6.91. The average Bonchev–Trinajstić information content (AvgIpc) is 2.73. The van der Waals surface area contributed by atoms with Crippen molar-refractivity contribution in [2.45, 2.75) is 0 Å². The number of carbonyl (C=O) groups is 4. The molecule has 6 N–H and O–H groups in total. The van der Waals surface area contributed by atoms with Crippen LogP contribution in [0.4, 0.5) is 21.0 Å². The van der Waals surface area contributed by atoms with E-state index in [4.69, 9.17) is 10.2 Å². The Morgan fingerprint density at radius 2 is 1.00 bits per heavy atom. The van der Waals surface area contributed by atoms with Crippen molar-refractivity contribution < 1.29 is 39.6 Å². The van der Waals surface area contributed by atoms with E-state index in [-0.39, 0.29) is 48.7 Å². The summed E-state index contributed by atoms with van der Waals surface area (Å²) in [6, 6.07) is 6.40. The van der Waals surface area contributed by atoms with Gasteiger partial charge in [-0.3, -0.25) is 0 Å². The van der Waals surface area contributed by atoms with Gasteiger partial charge >= 0.3 is 24.0 Å². The van der Waals surface area contributed by atoms with Crippen LogP contribution in [-0.4, -0.2) is 80.4 Å². The Labute approximate surface area is 181 Å². The molecule has 1 aliphatic rings. The number of amides is 4. The molecule has 0 aliphatic carbocycles. The molecule has 0 bridgehead atoms. The van der Waals surface area contributed by atoms with Crippen LogP contribution < -0.4 is 10.6 Å². The number of nitrogens with one attached hydrogen (secondary N) is 2. The van der Waals surface area contributed by atoms with Gasteiger partial charge in [0.15, 0.2) is 0 Å². The number of piperazine rings is 1. The van der Waals surface area contributed by atoms with Crippen LogP contribution in [0.25, 0.3) is 0 Å². The van der Waals surface area contributed by atoms with Gasteiger partial charge in [0.25, 0.3) is 0 Å². The van der Waals surface area contributed by atoms with E-state index in [0.717, 1.165) is 12.1 Å². The van der Waals surface area contributed by atoms with Crippen molar-refractivity contribution in [3.63, 3.8) is 0 Å². The van der Waals surface area contributed by atoms with Crippen LogP contribution in [0, 0.1) is 0 Å². The highest BCUT2D eigenvalue weighted by Crippen LogP contribution is 2.23. The molecule has 32 heavy (non-hydrogen) atoms. The van der Waals surface area contributed by atoms with Gasteiger partial charge in [-0.25, -0.2) is 19.2 Å². The maximum atomic E-state index is 12.4. The van der Waals surface area contributed by atoms with Crippen LogP contribution >= 0.6 is 0 Å². The highest BCUT2D eigenvalue weighted by Gasteiger charge is 2.25. The monoisotopic (exact) mass is 444 g/mol. The Balaban J connectivity index is 1.53. The van der Waals surface area contributed by atoms with Crippen molar-refractivity contribution >= 4 is 35.4 Å². The smallest absolute Gasteiger partial charge is 0.339 e. The Kier molecular flexibility index (Phi) is 6.33. The van der Waals surface area contributed by atoms with Gasteiger partial charge in [-0.15, -0.1) is 0 Å². The van der Waals surface area contributed by atoms with E-state index >= 15 is 0 Å².